The van der Waals surface area contributed by atoms with E-state index in [1.165, 1.54) is 70.6 Å². The molecule has 0 aliphatic rings. The Morgan fingerprint density at radius 1 is 0.348 bits per heavy atom. The molecule has 0 atom stereocenters. The predicted molar refractivity (Wildman–Crippen MR) is 173 cm³/mol. The molecule has 0 amide bonds. The number of carbonyl (C=O) groups is 3. The van der Waals surface area contributed by atoms with Gasteiger partial charge in [0.05, 0.1) is 63.7 Å². The van der Waals surface area contributed by atoms with Gasteiger partial charge in [0.15, 0.2) is 0 Å². The molecule has 14 heteroatoms. The summed E-state index contributed by atoms with van der Waals surface area (Å²) in [6.07, 6.45) is 18.3. The van der Waals surface area contributed by atoms with E-state index in [0.29, 0.717) is 19.3 Å². The smallest absolute Gasteiger partial charge is 0.303 e. The third-order valence-electron chi connectivity index (χ3n) is 7.21. The number of hydrogen-bond acceptors (Lipinski definition) is 11. The molecule has 11 N–H and O–H groups in total. The summed E-state index contributed by atoms with van der Waals surface area (Å²) in [4.78, 5) is 30.1. The summed E-state index contributed by atoms with van der Waals surface area (Å²) in [5, 5.41) is 92.7. The number of rotatable bonds is 27. The molecule has 0 aromatic rings. The molecule has 0 saturated heterocycles. The summed E-state index contributed by atoms with van der Waals surface area (Å²) in [5.41, 5.74) is -2.22. The Hall–Kier alpha value is -1.91. The van der Waals surface area contributed by atoms with Gasteiger partial charge < -0.3 is 56.2 Å². The van der Waals surface area contributed by atoms with E-state index in [9.17, 15) is 14.4 Å². The first-order valence-electron chi connectivity index (χ1n) is 16.4. The van der Waals surface area contributed by atoms with Crippen molar-refractivity contribution in [3.63, 3.8) is 0 Å². The van der Waals surface area contributed by atoms with Crippen molar-refractivity contribution < 1.29 is 70.6 Å². The van der Waals surface area contributed by atoms with Crippen LogP contribution in [0.1, 0.15) is 122 Å². The van der Waals surface area contributed by atoms with Crippen LogP contribution >= 0.6 is 0 Å². The number of aliphatic hydroxyl groups excluding tert-OH is 8. The van der Waals surface area contributed by atoms with Gasteiger partial charge in [0, 0.05) is 19.3 Å². The highest BCUT2D eigenvalue weighted by atomic mass is 16.4. The average Bonchev–Trinajstić information content (AvgIpc) is 3.05. The molecule has 0 aliphatic heterocycles. The zero-order valence-corrected chi connectivity index (χ0v) is 28.0. The van der Waals surface area contributed by atoms with E-state index >= 15 is 0 Å². The number of aliphatic carboxylic acids is 3. The third-order valence-corrected chi connectivity index (χ3v) is 7.21. The molecule has 0 aromatic carbocycles. The van der Waals surface area contributed by atoms with Crippen molar-refractivity contribution in [1.29, 1.82) is 0 Å². The summed E-state index contributed by atoms with van der Waals surface area (Å²) in [6.45, 7) is -0.990. The molecule has 0 heterocycles. The molecule has 0 rings (SSSR count). The fraction of sp³-hybridized carbons (Fsp3) is 0.906. The summed E-state index contributed by atoms with van der Waals surface area (Å²) >= 11 is 0. The minimum absolute atomic E-state index is 0.0628. The van der Waals surface area contributed by atoms with Crippen LogP contribution in [0.15, 0.2) is 0 Å². The lowest BCUT2D eigenvalue weighted by atomic mass is 9.93. The lowest BCUT2D eigenvalue weighted by Crippen LogP contribution is -2.37. The molecule has 0 radical (unpaired) electrons. The predicted octanol–water partition coefficient (Wildman–Crippen LogP) is 2.15. The highest BCUT2D eigenvalue weighted by Crippen LogP contribution is 2.14. The molecular weight excluding hydrogens is 608 g/mol. The average molecular weight is 675 g/mol. The zero-order valence-electron chi connectivity index (χ0n) is 28.0. The fourth-order valence-electron chi connectivity index (χ4n) is 3.45. The second-order valence-electron chi connectivity index (χ2n) is 11.6. The Bertz CT molecular complexity index is 596. The Kier molecular flexibility index (Phi) is 41.6. The number of carboxylic acids is 3. The molecule has 0 aromatic heterocycles. The molecular formula is C32H66O14. The largest absolute Gasteiger partial charge is 0.481 e. The Balaban J connectivity index is -0.000000271. The van der Waals surface area contributed by atoms with Crippen molar-refractivity contribution in [2.45, 2.75) is 122 Å². The molecule has 0 bridgehead atoms. The van der Waals surface area contributed by atoms with Crippen LogP contribution in [-0.2, 0) is 14.4 Å². The number of carboxylic acid groups (broad SMARTS) is 3. The van der Waals surface area contributed by atoms with Crippen LogP contribution in [0.3, 0.4) is 0 Å². The van der Waals surface area contributed by atoms with Crippen LogP contribution in [0.4, 0.5) is 0 Å². The van der Waals surface area contributed by atoms with Gasteiger partial charge in [-0.3, -0.25) is 14.4 Å². The van der Waals surface area contributed by atoms with Crippen LogP contribution in [0.25, 0.3) is 0 Å². The van der Waals surface area contributed by atoms with Crippen molar-refractivity contribution in [3.05, 3.63) is 0 Å². The molecule has 46 heavy (non-hydrogen) atoms. The van der Waals surface area contributed by atoms with E-state index in [1.807, 2.05) is 0 Å². The van der Waals surface area contributed by atoms with Crippen molar-refractivity contribution in [1.82, 2.24) is 0 Å². The van der Waals surface area contributed by atoms with Crippen molar-refractivity contribution in [2.75, 3.05) is 52.9 Å². The van der Waals surface area contributed by atoms with E-state index < -0.39 is 81.6 Å². The monoisotopic (exact) mass is 674 g/mol. The van der Waals surface area contributed by atoms with Gasteiger partial charge in [-0.25, -0.2) is 0 Å². The van der Waals surface area contributed by atoms with Gasteiger partial charge in [-0.05, 0) is 19.3 Å². The second-order valence-corrected chi connectivity index (χ2v) is 11.6. The zero-order chi connectivity index (χ0) is 36.1. The van der Waals surface area contributed by atoms with Crippen molar-refractivity contribution in [3.8, 4) is 0 Å². The minimum atomic E-state index is -1.11. The molecule has 0 aliphatic carbocycles. The first-order valence-corrected chi connectivity index (χ1v) is 16.4. The maximum atomic E-state index is 10.3. The molecule has 14 nitrogen and oxygen atoms in total. The first kappa shape index (κ1) is 50.9. The van der Waals surface area contributed by atoms with E-state index in [-0.39, 0.29) is 12.8 Å². The molecule has 0 spiro atoms. The van der Waals surface area contributed by atoms with Crippen LogP contribution in [0.5, 0.6) is 0 Å². The van der Waals surface area contributed by atoms with E-state index in [0.717, 1.165) is 12.8 Å². The van der Waals surface area contributed by atoms with Crippen LogP contribution in [0, 0.1) is 10.8 Å². The molecule has 0 saturated carbocycles. The first-order chi connectivity index (χ1) is 21.9. The maximum Gasteiger partial charge on any atom is 0.303 e. The standard InChI is InChI=1S/C16H32O2.C6H10O4.2C5H12O4/c1-2-3-4-5-6-7-8-9-10-11-12-13-14-15-16(17)18;7-5(8)3-1-2-4-6(9)10;2*6-1-5(2-7,3-8)4-9/h2-15H2,1H3,(H,17,18);1-4H2,(H,7,8)(H,9,10);2*6-9H,1-4H2. The molecule has 278 valence electrons. The lowest BCUT2D eigenvalue weighted by Gasteiger charge is -2.23. The maximum absolute atomic E-state index is 10.3. The third kappa shape index (κ3) is 36.6. The summed E-state index contributed by atoms with van der Waals surface area (Å²) < 4.78 is 0. The fourth-order valence-corrected chi connectivity index (χ4v) is 3.45. The Morgan fingerprint density at radius 2 is 0.522 bits per heavy atom. The van der Waals surface area contributed by atoms with Gasteiger partial charge in [0.25, 0.3) is 0 Å². The van der Waals surface area contributed by atoms with Crippen LogP contribution in [0.2, 0.25) is 0 Å². The lowest BCUT2D eigenvalue weighted by molar-refractivity contribution is -0.139. The van der Waals surface area contributed by atoms with Gasteiger partial charge in [-0.1, -0.05) is 84.0 Å². The summed E-state index contributed by atoms with van der Waals surface area (Å²) in [7, 11) is 0. The topological polar surface area (TPSA) is 274 Å². The van der Waals surface area contributed by atoms with E-state index in [4.69, 9.17) is 56.2 Å². The molecule has 0 unspecified atom stereocenters. The van der Waals surface area contributed by atoms with Gasteiger partial charge >= 0.3 is 17.9 Å². The summed E-state index contributed by atoms with van der Waals surface area (Å²) in [5.74, 6) is -2.39. The van der Waals surface area contributed by atoms with Gasteiger partial charge in [0.1, 0.15) is 0 Å². The van der Waals surface area contributed by atoms with Gasteiger partial charge in [0.2, 0.25) is 0 Å². The highest BCUT2D eigenvalue weighted by Gasteiger charge is 2.27. The number of aliphatic hydroxyl groups is 8. The number of unbranched alkanes of at least 4 members (excludes halogenated alkanes) is 13. The molecule has 0 fully saturated rings. The number of hydrogen-bond donors (Lipinski definition) is 11. The summed E-state index contributed by atoms with van der Waals surface area (Å²) in [6, 6.07) is 0. The van der Waals surface area contributed by atoms with Gasteiger partial charge in [-0.2, -0.15) is 0 Å². The van der Waals surface area contributed by atoms with Crippen molar-refractivity contribution in [2.24, 2.45) is 10.8 Å². The quantitative estimate of drug-likeness (QED) is 0.0557. The van der Waals surface area contributed by atoms with Crippen LogP contribution in [-0.4, -0.2) is 127 Å². The minimum Gasteiger partial charge on any atom is -0.481 e. The van der Waals surface area contributed by atoms with Gasteiger partial charge in [-0.15, -0.1) is 0 Å². The normalized spacial score (nSPS) is 10.9. The Morgan fingerprint density at radius 3 is 0.674 bits per heavy atom. The Labute approximate surface area is 274 Å². The van der Waals surface area contributed by atoms with E-state index in [1.54, 1.807) is 0 Å². The van der Waals surface area contributed by atoms with E-state index in [2.05, 4.69) is 6.92 Å². The van der Waals surface area contributed by atoms with Crippen molar-refractivity contribution >= 4 is 17.9 Å². The second kappa shape index (κ2) is 37.5. The SMILES string of the molecule is CCCCCCCCCCCCCCCC(=O)O.O=C(O)CCCCC(=O)O.OCC(CO)(CO)CO.OCC(CO)(CO)CO. The highest BCUT2D eigenvalue weighted by molar-refractivity contribution is 5.68. The van der Waals surface area contributed by atoms with Crippen LogP contribution < -0.4 is 0 Å².